The molecule has 1 rings (SSSR count). The van der Waals surface area contributed by atoms with Crippen molar-refractivity contribution in [1.82, 2.24) is 15.5 Å². The summed E-state index contributed by atoms with van der Waals surface area (Å²) in [6.07, 6.45) is 0.909. The van der Waals surface area contributed by atoms with Gasteiger partial charge in [-0.1, -0.05) is 13.3 Å². The summed E-state index contributed by atoms with van der Waals surface area (Å²) >= 11 is 0. The van der Waals surface area contributed by atoms with Crippen LogP contribution < -0.4 is 10.6 Å². The third kappa shape index (κ3) is 5.88. The number of urea groups is 1. The zero-order valence-electron chi connectivity index (χ0n) is 12.4. The van der Waals surface area contributed by atoms with Gasteiger partial charge in [0.1, 0.15) is 0 Å². The monoisotopic (exact) mass is 301 g/mol. The quantitative estimate of drug-likeness (QED) is 0.667. The molecule has 2 atom stereocenters. The minimum absolute atomic E-state index is 0.0449. The number of carboxylic acids is 1. The van der Waals surface area contributed by atoms with Gasteiger partial charge in [0.2, 0.25) is 0 Å². The number of hydrogen-bond acceptors (Lipinski definition) is 4. The lowest BCUT2D eigenvalue weighted by atomic mass is 10.0. The van der Waals surface area contributed by atoms with Gasteiger partial charge in [-0.2, -0.15) is 0 Å². The summed E-state index contributed by atoms with van der Waals surface area (Å²) in [7, 11) is 1.29. The van der Waals surface area contributed by atoms with Crippen LogP contribution in [0, 0.1) is 5.92 Å². The van der Waals surface area contributed by atoms with Crippen LogP contribution >= 0.6 is 0 Å². The van der Waals surface area contributed by atoms with E-state index in [1.807, 2.05) is 6.92 Å². The number of nitrogens with one attached hydrogen (secondary N) is 2. The maximum absolute atomic E-state index is 12.0. The number of rotatable bonds is 6. The average molecular weight is 301 g/mol. The van der Waals surface area contributed by atoms with Gasteiger partial charge in [-0.3, -0.25) is 4.79 Å². The SMILES string of the molecule is CCC(CNC(=O)N1CCC(NC(=O)OC)C1)CC(=O)O. The molecule has 0 radical (unpaired) electrons. The van der Waals surface area contributed by atoms with E-state index in [-0.39, 0.29) is 24.4 Å². The fraction of sp³-hybridized carbons (Fsp3) is 0.769. The topological polar surface area (TPSA) is 108 Å². The summed E-state index contributed by atoms with van der Waals surface area (Å²) in [5.74, 6) is -0.933. The van der Waals surface area contributed by atoms with Crippen molar-refractivity contribution in [1.29, 1.82) is 0 Å². The van der Waals surface area contributed by atoms with Crippen LogP contribution in [0.2, 0.25) is 0 Å². The van der Waals surface area contributed by atoms with Gasteiger partial charge in [0.05, 0.1) is 13.2 Å². The average Bonchev–Trinajstić information content (AvgIpc) is 2.90. The highest BCUT2D eigenvalue weighted by molar-refractivity contribution is 5.75. The number of hydrogen-bond donors (Lipinski definition) is 3. The molecule has 1 fully saturated rings. The van der Waals surface area contributed by atoms with Crippen molar-refractivity contribution in [2.45, 2.75) is 32.2 Å². The summed E-state index contributed by atoms with van der Waals surface area (Å²) in [5, 5.41) is 14.2. The molecule has 21 heavy (non-hydrogen) atoms. The Morgan fingerprint density at radius 2 is 2.14 bits per heavy atom. The Bertz CT molecular complexity index is 388. The van der Waals surface area contributed by atoms with Gasteiger partial charge in [0, 0.05) is 26.1 Å². The molecule has 0 aromatic carbocycles. The summed E-state index contributed by atoms with van der Waals surface area (Å²) in [6, 6.07) is -0.336. The number of carbonyl (C=O) groups is 3. The number of methoxy groups -OCH3 is 1. The second-order valence-electron chi connectivity index (χ2n) is 5.13. The lowest BCUT2D eigenvalue weighted by Crippen LogP contribution is -2.43. The number of carbonyl (C=O) groups excluding carboxylic acids is 2. The Morgan fingerprint density at radius 3 is 2.71 bits per heavy atom. The molecule has 8 heteroatoms. The molecule has 8 nitrogen and oxygen atoms in total. The molecule has 1 heterocycles. The number of amides is 3. The van der Waals surface area contributed by atoms with Crippen LogP contribution in [-0.2, 0) is 9.53 Å². The fourth-order valence-electron chi connectivity index (χ4n) is 2.24. The third-order valence-electron chi connectivity index (χ3n) is 3.57. The maximum atomic E-state index is 12.0. The molecule has 1 aliphatic heterocycles. The minimum Gasteiger partial charge on any atom is -0.481 e. The molecule has 0 spiro atoms. The zero-order valence-corrected chi connectivity index (χ0v) is 12.4. The van der Waals surface area contributed by atoms with E-state index in [9.17, 15) is 14.4 Å². The van der Waals surface area contributed by atoms with Gasteiger partial charge in [-0.05, 0) is 12.3 Å². The van der Waals surface area contributed by atoms with Crippen LogP contribution in [-0.4, -0.2) is 60.9 Å². The number of aliphatic carboxylic acids is 1. The van der Waals surface area contributed by atoms with Gasteiger partial charge in [0.15, 0.2) is 0 Å². The summed E-state index contributed by atoms with van der Waals surface area (Å²) in [5.41, 5.74) is 0. The van der Waals surface area contributed by atoms with E-state index in [1.54, 1.807) is 4.90 Å². The van der Waals surface area contributed by atoms with Gasteiger partial charge < -0.3 is 25.4 Å². The van der Waals surface area contributed by atoms with Gasteiger partial charge in [-0.15, -0.1) is 0 Å². The first-order valence-electron chi connectivity index (χ1n) is 7.05. The van der Waals surface area contributed by atoms with Crippen molar-refractivity contribution in [2.24, 2.45) is 5.92 Å². The van der Waals surface area contributed by atoms with E-state index < -0.39 is 12.1 Å². The standard InChI is InChI=1S/C13H23N3O5/c1-3-9(6-11(17)18)7-14-12(19)16-5-4-10(8-16)15-13(20)21-2/h9-10H,3-8H2,1-2H3,(H,14,19)(H,15,20)(H,17,18). The Balaban J connectivity index is 2.33. The van der Waals surface area contributed by atoms with E-state index in [2.05, 4.69) is 15.4 Å². The van der Waals surface area contributed by atoms with Gasteiger partial charge >= 0.3 is 18.1 Å². The molecule has 3 amide bonds. The van der Waals surface area contributed by atoms with E-state index >= 15 is 0 Å². The van der Waals surface area contributed by atoms with Crippen molar-refractivity contribution in [2.75, 3.05) is 26.7 Å². The summed E-state index contributed by atoms with van der Waals surface area (Å²) < 4.78 is 4.51. The molecule has 1 saturated heterocycles. The maximum Gasteiger partial charge on any atom is 0.407 e. The molecule has 1 aliphatic rings. The normalized spacial score (nSPS) is 19.0. The first-order valence-corrected chi connectivity index (χ1v) is 7.05. The Labute approximate surface area is 123 Å². The lowest BCUT2D eigenvalue weighted by molar-refractivity contribution is -0.138. The Hall–Kier alpha value is -1.99. The van der Waals surface area contributed by atoms with E-state index in [0.717, 1.165) is 0 Å². The third-order valence-corrected chi connectivity index (χ3v) is 3.57. The molecule has 0 bridgehead atoms. The van der Waals surface area contributed by atoms with E-state index in [1.165, 1.54) is 7.11 Å². The van der Waals surface area contributed by atoms with Crippen molar-refractivity contribution < 1.29 is 24.2 Å². The van der Waals surface area contributed by atoms with E-state index in [0.29, 0.717) is 32.5 Å². The predicted molar refractivity (Wildman–Crippen MR) is 75.0 cm³/mol. The van der Waals surface area contributed by atoms with Gasteiger partial charge in [0.25, 0.3) is 0 Å². The molecule has 0 aromatic heterocycles. The van der Waals surface area contributed by atoms with Crippen molar-refractivity contribution in [3.63, 3.8) is 0 Å². The van der Waals surface area contributed by atoms with Crippen molar-refractivity contribution >= 4 is 18.1 Å². The highest BCUT2D eigenvalue weighted by Gasteiger charge is 2.27. The molecule has 120 valence electrons. The van der Waals surface area contributed by atoms with Crippen LogP contribution in [0.4, 0.5) is 9.59 Å². The number of alkyl carbamates (subject to hydrolysis) is 1. The summed E-state index contributed by atoms with van der Waals surface area (Å²) in [6.45, 7) is 3.21. The van der Waals surface area contributed by atoms with Crippen LogP contribution in [0.3, 0.4) is 0 Å². The number of ether oxygens (including phenoxy) is 1. The molecular weight excluding hydrogens is 278 g/mol. The van der Waals surface area contributed by atoms with Crippen LogP contribution in [0.1, 0.15) is 26.2 Å². The molecule has 0 saturated carbocycles. The Kier molecular flexibility index (Phi) is 6.77. The van der Waals surface area contributed by atoms with Crippen LogP contribution in [0.25, 0.3) is 0 Å². The number of nitrogens with zero attached hydrogens (tertiary/aromatic N) is 1. The molecule has 0 aromatic rings. The zero-order chi connectivity index (χ0) is 15.8. The summed E-state index contributed by atoms with van der Waals surface area (Å²) in [4.78, 5) is 35.3. The minimum atomic E-state index is -0.861. The van der Waals surface area contributed by atoms with Crippen LogP contribution in [0.15, 0.2) is 0 Å². The van der Waals surface area contributed by atoms with Gasteiger partial charge in [-0.25, -0.2) is 9.59 Å². The first-order chi connectivity index (χ1) is 9.96. The fourth-order valence-corrected chi connectivity index (χ4v) is 2.24. The highest BCUT2D eigenvalue weighted by atomic mass is 16.5. The van der Waals surface area contributed by atoms with Crippen molar-refractivity contribution in [3.05, 3.63) is 0 Å². The smallest absolute Gasteiger partial charge is 0.407 e. The van der Waals surface area contributed by atoms with E-state index in [4.69, 9.17) is 5.11 Å². The first kappa shape index (κ1) is 17.1. The molecular formula is C13H23N3O5. The second-order valence-corrected chi connectivity index (χ2v) is 5.13. The largest absolute Gasteiger partial charge is 0.481 e. The number of carboxylic acid groups (broad SMARTS) is 1. The molecule has 3 N–H and O–H groups in total. The Morgan fingerprint density at radius 1 is 1.43 bits per heavy atom. The molecule has 0 aliphatic carbocycles. The van der Waals surface area contributed by atoms with Crippen molar-refractivity contribution in [3.8, 4) is 0 Å². The van der Waals surface area contributed by atoms with Crippen LogP contribution in [0.5, 0.6) is 0 Å². The lowest BCUT2D eigenvalue weighted by Gasteiger charge is -2.20. The predicted octanol–water partition coefficient (Wildman–Crippen LogP) is 0.627. The second kappa shape index (κ2) is 8.33. The number of likely N-dealkylation sites (tertiary alicyclic amines) is 1. The highest BCUT2D eigenvalue weighted by Crippen LogP contribution is 2.11. The molecule has 2 unspecified atom stereocenters.